The number of ether oxygens (including phenoxy) is 3. The molecule has 2 heterocycles. The first-order valence-corrected chi connectivity index (χ1v) is 9.78. The molecule has 0 bridgehead atoms. The maximum Gasteiger partial charge on any atom is 0.348 e. The molecule has 0 unspecified atom stereocenters. The molecule has 1 aromatic carbocycles. The standard InChI is InChI=1S/C19H17ClN2O7S/c1-9-15(18(25)27-2)17(30-16(9)19(26)28-3)21-13(23)7-22-11-6-10(20)4-5-12(11)29-8-14(22)24/h4-6H,7-8H2,1-3H3,(H,21,23). The van der Waals surface area contributed by atoms with Crippen LogP contribution in [0, 0.1) is 6.92 Å². The molecule has 2 amide bonds. The van der Waals surface area contributed by atoms with Gasteiger partial charge in [0.25, 0.3) is 5.91 Å². The molecule has 11 heteroatoms. The zero-order valence-electron chi connectivity index (χ0n) is 16.2. The summed E-state index contributed by atoms with van der Waals surface area (Å²) in [6.45, 7) is 0.981. The van der Waals surface area contributed by atoms with Crippen molar-refractivity contribution in [2.45, 2.75) is 6.92 Å². The van der Waals surface area contributed by atoms with E-state index in [0.29, 0.717) is 22.0 Å². The van der Waals surface area contributed by atoms with E-state index in [1.54, 1.807) is 19.1 Å². The van der Waals surface area contributed by atoms with Crippen molar-refractivity contribution in [2.75, 3.05) is 37.6 Å². The number of anilines is 2. The van der Waals surface area contributed by atoms with Crippen LogP contribution in [0.1, 0.15) is 25.6 Å². The Morgan fingerprint density at radius 1 is 1.23 bits per heavy atom. The van der Waals surface area contributed by atoms with E-state index in [1.165, 1.54) is 25.2 Å². The second kappa shape index (κ2) is 8.72. The third-order valence-corrected chi connectivity index (χ3v) is 5.75. The zero-order valence-corrected chi connectivity index (χ0v) is 17.8. The first kappa shape index (κ1) is 21.6. The molecule has 1 N–H and O–H groups in total. The Kier molecular flexibility index (Phi) is 6.28. The summed E-state index contributed by atoms with van der Waals surface area (Å²) in [5.41, 5.74) is 0.737. The average Bonchev–Trinajstić information content (AvgIpc) is 3.04. The average molecular weight is 453 g/mol. The number of benzene rings is 1. The van der Waals surface area contributed by atoms with Gasteiger partial charge in [-0.2, -0.15) is 0 Å². The highest BCUT2D eigenvalue weighted by Gasteiger charge is 2.30. The SMILES string of the molecule is COC(=O)c1sc(NC(=O)CN2C(=O)COc3ccc(Cl)cc32)c(C(=O)OC)c1C. The van der Waals surface area contributed by atoms with Crippen LogP contribution in [0.15, 0.2) is 18.2 Å². The normalized spacial score (nSPS) is 12.7. The minimum atomic E-state index is -0.714. The fraction of sp³-hybridized carbons (Fsp3) is 0.263. The van der Waals surface area contributed by atoms with Gasteiger partial charge in [-0.15, -0.1) is 11.3 Å². The second-order valence-electron chi connectivity index (χ2n) is 6.17. The number of nitrogens with zero attached hydrogens (tertiary/aromatic N) is 1. The lowest BCUT2D eigenvalue weighted by atomic mass is 10.1. The Balaban J connectivity index is 1.88. The molecule has 0 saturated heterocycles. The third-order valence-electron chi connectivity index (χ3n) is 4.33. The summed E-state index contributed by atoms with van der Waals surface area (Å²) < 4.78 is 14.8. The second-order valence-corrected chi connectivity index (χ2v) is 7.63. The largest absolute Gasteiger partial charge is 0.482 e. The lowest BCUT2D eigenvalue weighted by Gasteiger charge is -2.28. The van der Waals surface area contributed by atoms with E-state index in [0.717, 1.165) is 11.3 Å². The van der Waals surface area contributed by atoms with Crippen LogP contribution in [-0.2, 0) is 19.1 Å². The highest BCUT2D eigenvalue weighted by atomic mass is 35.5. The van der Waals surface area contributed by atoms with Crippen molar-refractivity contribution < 1.29 is 33.4 Å². The number of halogens is 1. The Bertz CT molecular complexity index is 1050. The predicted molar refractivity (Wildman–Crippen MR) is 110 cm³/mol. The number of esters is 2. The van der Waals surface area contributed by atoms with Crippen LogP contribution in [0.5, 0.6) is 5.75 Å². The van der Waals surface area contributed by atoms with E-state index in [1.807, 2.05) is 0 Å². The minimum absolute atomic E-state index is 0.0491. The highest BCUT2D eigenvalue weighted by Crippen LogP contribution is 2.36. The molecule has 0 atom stereocenters. The van der Waals surface area contributed by atoms with Crippen molar-refractivity contribution in [3.05, 3.63) is 39.2 Å². The van der Waals surface area contributed by atoms with Gasteiger partial charge >= 0.3 is 11.9 Å². The number of hydrogen-bond acceptors (Lipinski definition) is 8. The maximum atomic E-state index is 12.7. The van der Waals surface area contributed by atoms with Gasteiger partial charge in [0.2, 0.25) is 5.91 Å². The van der Waals surface area contributed by atoms with Crippen LogP contribution in [0.3, 0.4) is 0 Å². The zero-order chi connectivity index (χ0) is 22.0. The van der Waals surface area contributed by atoms with E-state index in [2.05, 4.69) is 5.32 Å². The number of hydrogen-bond donors (Lipinski definition) is 1. The van der Waals surface area contributed by atoms with E-state index in [9.17, 15) is 19.2 Å². The fourth-order valence-electron chi connectivity index (χ4n) is 2.90. The summed E-state index contributed by atoms with van der Waals surface area (Å²) in [7, 11) is 2.40. The number of nitrogens with one attached hydrogen (secondary N) is 1. The molecular weight excluding hydrogens is 436 g/mol. The molecule has 30 heavy (non-hydrogen) atoms. The van der Waals surface area contributed by atoms with E-state index in [-0.39, 0.29) is 28.6 Å². The van der Waals surface area contributed by atoms with Crippen molar-refractivity contribution in [3.8, 4) is 5.75 Å². The molecular formula is C19H17ClN2O7S. The van der Waals surface area contributed by atoms with Gasteiger partial charge in [-0.1, -0.05) is 11.6 Å². The molecule has 3 rings (SSSR count). The third kappa shape index (κ3) is 4.10. The molecule has 1 aromatic heterocycles. The number of thiophene rings is 1. The summed E-state index contributed by atoms with van der Waals surface area (Å²) in [6.07, 6.45) is 0. The summed E-state index contributed by atoms with van der Waals surface area (Å²) in [6, 6.07) is 4.74. The topological polar surface area (TPSA) is 111 Å². The van der Waals surface area contributed by atoms with Crippen molar-refractivity contribution in [3.63, 3.8) is 0 Å². The lowest BCUT2D eigenvalue weighted by Crippen LogP contribution is -2.43. The Morgan fingerprint density at radius 3 is 2.60 bits per heavy atom. The van der Waals surface area contributed by atoms with Gasteiger partial charge in [0.1, 0.15) is 22.2 Å². The summed E-state index contributed by atoms with van der Waals surface area (Å²) in [4.78, 5) is 50.6. The molecule has 0 aliphatic carbocycles. The first-order chi connectivity index (χ1) is 14.3. The Morgan fingerprint density at radius 2 is 1.93 bits per heavy atom. The van der Waals surface area contributed by atoms with Gasteiger partial charge in [-0.3, -0.25) is 14.5 Å². The predicted octanol–water partition coefficient (Wildman–Crippen LogP) is 2.65. The smallest absolute Gasteiger partial charge is 0.348 e. The van der Waals surface area contributed by atoms with Gasteiger partial charge < -0.3 is 19.5 Å². The maximum absolute atomic E-state index is 12.7. The number of rotatable bonds is 5. The van der Waals surface area contributed by atoms with Crippen LogP contribution in [0.25, 0.3) is 0 Å². The number of fused-ring (bicyclic) bond motifs is 1. The summed E-state index contributed by atoms with van der Waals surface area (Å²) in [5.74, 6) is -1.95. The van der Waals surface area contributed by atoms with Gasteiger partial charge in [-0.25, -0.2) is 9.59 Å². The molecule has 0 fully saturated rings. The lowest BCUT2D eigenvalue weighted by molar-refractivity contribution is -0.123. The van der Waals surface area contributed by atoms with Crippen molar-refractivity contribution >= 4 is 57.4 Å². The quantitative estimate of drug-likeness (QED) is 0.694. The molecule has 0 saturated carbocycles. The van der Waals surface area contributed by atoms with Crippen LogP contribution in [0.4, 0.5) is 10.7 Å². The molecule has 9 nitrogen and oxygen atoms in total. The highest BCUT2D eigenvalue weighted by molar-refractivity contribution is 7.18. The molecule has 2 aromatic rings. The van der Waals surface area contributed by atoms with Crippen molar-refractivity contribution in [1.29, 1.82) is 0 Å². The monoisotopic (exact) mass is 452 g/mol. The van der Waals surface area contributed by atoms with Gasteiger partial charge in [0.15, 0.2) is 6.61 Å². The van der Waals surface area contributed by atoms with Crippen LogP contribution >= 0.6 is 22.9 Å². The number of methoxy groups -OCH3 is 2. The molecule has 0 spiro atoms. The molecule has 0 radical (unpaired) electrons. The number of carbonyl (C=O) groups excluding carboxylic acids is 4. The van der Waals surface area contributed by atoms with E-state index < -0.39 is 23.8 Å². The van der Waals surface area contributed by atoms with Crippen LogP contribution in [-0.4, -0.2) is 51.1 Å². The number of amides is 2. The van der Waals surface area contributed by atoms with Gasteiger partial charge in [0.05, 0.1) is 25.5 Å². The fourth-order valence-corrected chi connectivity index (χ4v) is 4.19. The summed E-state index contributed by atoms with van der Waals surface area (Å²) >= 11 is 6.89. The minimum Gasteiger partial charge on any atom is -0.482 e. The Labute approximate surface area is 180 Å². The van der Waals surface area contributed by atoms with Crippen molar-refractivity contribution in [2.24, 2.45) is 0 Å². The number of carbonyl (C=O) groups is 4. The summed E-state index contributed by atoms with van der Waals surface area (Å²) in [5, 5.41) is 3.08. The van der Waals surface area contributed by atoms with Crippen LogP contribution < -0.4 is 15.0 Å². The van der Waals surface area contributed by atoms with E-state index in [4.69, 9.17) is 25.8 Å². The van der Waals surface area contributed by atoms with Crippen LogP contribution in [0.2, 0.25) is 5.02 Å². The molecule has 1 aliphatic heterocycles. The van der Waals surface area contributed by atoms with Gasteiger partial charge in [0, 0.05) is 5.02 Å². The van der Waals surface area contributed by atoms with Gasteiger partial charge in [-0.05, 0) is 30.7 Å². The van der Waals surface area contributed by atoms with E-state index >= 15 is 0 Å². The first-order valence-electron chi connectivity index (χ1n) is 8.59. The molecule has 158 valence electrons. The Hall–Kier alpha value is -3.11. The molecule has 1 aliphatic rings. The van der Waals surface area contributed by atoms with Crippen molar-refractivity contribution in [1.82, 2.24) is 0 Å².